The molecule has 5 nitrogen and oxygen atoms in total. The fourth-order valence-electron chi connectivity index (χ4n) is 2.77. The van der Waals surface area contributed by atoms with Crippen molar-refractivity contribution < 1.29 is 13.2 Å². The van der Waals surface area contributed by atoms with Crippen LogP contribution in [-0.2, 0) is 12.7 Å². The van der Waals surface area contributed by atoms with Crippen LogP contribution in [0.2, 0.25) is 0 Å². The molecule has 2 atom stereocenters. The molecule has 26 heavy (non-hydrogen) atoms. The van der Waals surface area contributed by atoms with Crippen molar-refractivity contribution in [2.24, 2.45) is 10.9 Å². The second kappa shape index (κ2) is 10.1. The number of aliphatic imine (C=N–C) groups is 1. The predicted molar refractivity (Wildman–Crippen MR) is 110 cm³/mol. The van der Waals surface area contributed by atoms with E-state index < -0.39 is 11.9 Å². The molecule has 0 saturated carbocycles. The van der Waals surface area contributed by atoms with E-state index in [1.54, 1.807) is 0 Å². The molecule has 150 valence electrons. The van der Waals surface area contributed by atoms with Gasteiger partial charge in [0.25, 0.3) is 0 Å². The Morgan fingerprint density at radius 3 is 2.62 bits per heavy atom. The summed E-state index contributed by atoms with van der Waals surface area (Å²) in [5.41, 5.74) is -0.849. The molecule has 0 aromatic carbocycles. The molecule has 1 saturated heterocycles. The Bertz CT molecular complexity index is 591. The first-order valence-corrected chi connectivity index (χ1v) is 9.39. The monoisotopic (exact) mass is 505 g/mol. The van der Waals surface area contributed by atoms with Crippen molar-refractivity contribution in [3.63, 3.8) is 0 Å². The lowest BCUT2D eigenvalue weighted by Gasteiger charge is -2.21. The van der Waals surface area contributed by atoms with E-state index in [9.17, 15) is 13.2 Å². The highest BCUT2D eigenvalue weighted by Gasteiger charge is 2.34. The number of likely N-dealkylation sites (tertiary alicyclic amines) is 1. The van der Waals surface area contributed by atoms with Gasteiger partial charge in [-0.05, 0) is 26.7 Å². The lowest BCUT2D eigenvalue weighted by molar-refractivity contribution is -0.140. The molecule has 2 unspecified atom stereocenters. The summed E-state index contributed by atoms with van der Waals surface area (Å²) in [7, 11) is 0. The van der Waals surface area contributed by atoms with Crippen molar-refractivity contribution in [3.8, 4) is 0 Å². The van der Waals surface area contributed by atoms with E-state index in [1.807, 2.05) is 6.92 Å². The SMILES string of the molecule is CCNC(=NCc1nc(C(F)(F)F)cs1)NC1CN(C(C)C)CC1C.I. The Morgan fingerprint density at radius 1 is 1.42 bits per heavy atom. The van der Waals surface area contributed by atoms with Gasteiger partial charge in [0.15, 0.2) is 11.7 Å². The number of hydrogen-bond acceptors (Lipinski definition) is 4. The second-order valence-electron chi connectivity index (χ2n) is 6.60. The number of nitrogens with one attached hydrogen (secondary N) is 2. The van der Waals surface area contributed by atoms with E-state index >= 15 is 0 Å². The average Bonchev–Trinajstić information content (AvgIpc) is 3.12. The first kappa shape index (κ1) is 23.4. The molecule has 0 spiro atoms. The van der Waals surface area contributed by atoms with E-state index in [1.165, 1.54) is 0 Å². The summed E-state index contributed by atoms with van der Waals surface area (Å²) >= 11 is 0.982. The average molecular weight is 505 g/mol. The summed E-state index contributed by atoms with van der Waals surface area (Å²) in [6.07, 6.45) is -4.40. The number of alkyl halides is 3. The Labute approximate surface area is 173 Å². The van der Waals surface area contributed by atoms with Gasteiger partial charge in [0, 0.05) is 37.1 Å². The quantitative estimate of drug-likeness (QED) is 0.365. The number of thiazole rings is 1. The van der Waals surface area contributed by atoms with E-state index in [4.69, 9.17) is 0 Å². The van der Waals surface area contributed by atoms with Crippen LogP contribution in [0.5, 0.6) is 0 Å². The Morgan fingerprint density at radius 2 is 2.12 bits per heavy atom. The third kappa shape index (κ3) is 6.52. The van der Waals surface area contributed by atoms with Crippen LogP contribution in [0.25, 0.3) is 0 Å². The third-order valence-corrected chi connectivity index (χ3v) is 5.09. The third-order valence-electron chi connectivity index (χ3n) is 4.25. The summed E-state index contributed by atoms with van der Waals surface area (Å²) in [6, 6.07) is 0.757. The van der Waals surface area contributed by atoms with Crippen LogP contribution in [0.3, 0.4) is 0 Å². The standard InChI is InChI=1S/C16H26F3N5S.HI/c1-5-20-15(22-12-8-24(10(2)3)7-11(12)4)21-6-14-23-13(9-25-14)16(17,18)19;/h9-12H,5-8H2,1-4H3,(H2,20,21,22);1H. The van der Waals surface area contributed by atoms with Gasteiger partial charge in [-0.15, -0.1) is 35.3 Å². The second-order valence-corrected chi connectivity index (χ2v) is 7.54. The Kier molecular flexibility index (Phi) is 9.07. The summed E-state index contributed by atoms with van der Waals surface area (Å²) in [6.45, 7) is 11.3. The zero-order valence-electron chi connectivity index (χ0n) is 15.4. The van der Waals surface area contributed by atoms with Crippen molar-refractivity contribution in [3.05, 3.63) is 16.1 Å². The highest BCUT2D eigenvalue weighted by molar-refractivity contribution is 14.0. The predicted octanol–water partition coefficient (Wildman–Crippen LogP) is 3.56. The number of nitrogens with zero attached hydrogens (tertiary/aromatic N) is 3. The molecular formula is C16H27F3IN5S. The molecule has 2 N–H and O–H groups in total. The molecule has 1 aliphatic heterocycles. The molecule has 2 heterocycles. The van der Waals surface area contributed by atoms with E-state index in [0.717, 1.165) is 29.8 Å². The van der Waals surface area contributed by atoms with Gasteiger partial charge in [-0.3, -0.25) is 4.90 Å². The summed E-state index contributed by atoms with van der Waals surface area (Å²) < 4.78 is 37.8. The van der Waals surface area contributed by atoms with Crippen molar-refractivity contribution in [2.75, 3.05) is 19.6 Å². The Balaban J connectivity index is 0.00000338. The number of halogens is 4. The molecule has 1 fully saturated rings. The molecule has 2 rings (SSSR count). The first-order valence-electron chi connectivity index (χ1n) is 8.51. The van der Waals surface area contributed by atoms with E-state index in [-0.39, 0.29) is 36.6 Å². The largest absolute Gasteiger partial charge is 0.434 e. The molecule has 1 aliphatic rings. The van der Waals surface area contributed by atoms with Crippen LogP contribution in [-0.4, -0.2) is 47.6 Å². The maximum atomic E-state index is 12.6. The number of aromatic nitrogens is 1. The van der Waals surface area contributed by atoms with E-state index in [0.29, 0.717) is 29.5 Å². The molecular weight excluding hydrogens is 478 g/mol. The van der Waals surface area contributed by atoms with Crippen LogP contribution < -0.4 is 10.6 Å². The van der Waals surface area contributed by atoms with Gasteiger partial charge in [0.05, 0.1) is 6.54 Å². The van der Waals surface area contributed by atoms with Crippen LogP contribution in [0.4, 0.5) is 13.2 Å². The molecule has 0 amide bonds. The van der Waals surface area contributed by atoms with Crippen LogP contribution >= 0.6 is 35.3 Å². The highest BCUT2D eigenvalue weighted by Crippen LogP contribution is 2.30. The fourth-order valence-corrected chi connectivity index (χ4v) is 3.49. The lowest BCUT2D eigenvalue weighted by atomic mass is 10.1. The fraction of sp³-hybridized carbons (Fsp3) is 0.750. The van der Waals surface area contributed by atoms with Gasteiger partial charge in [-0.2, -0.15) is 13.2 Å². The minimum absolute atomic E-state index is 0. The van der Waals surface area contributed by atoms with Crippen molar-refractivity contribution in [1.82, 2.24) is 20.5 Å². The molecule has 0 aliphatic carbocycles. The molecule has 1 aromatic heterocycles. The smallest absolute Gasteiger partial charge is 0.357 e. The molecule has 0 bridgehead atoms. The number of hydrogen-bond donors (Lipinski definition) is 2. The van der Waals surface area contributed by atoms with Gasteiger partial charge in [-0.1, -0.05) is 6.92 Å². The van der Waals surface area contributed by atoms with Crippen molar-refractivity contribution in [1.29, 1.82) is 0 Å². The maximum absolute atomic E-state index is 12.6. The van der Waals surface area contributed by atoms with Crippen LogP contribution in [0.1, 0.15) is 38.4 Å². The molecule has 1 aromatic rings. The Hall–Kier alpha value is -0.620. The van der Waals surface area contributed by atoms with Crippen molar-refractivity contribution >= 4 is 41.3 Å². The lowest BCUT2D eigenvalue weighted by Crippen LogP contribution is -2.46. The minimum atomic E-state index is -4.40. The summed E-state index contributed by atoms with van der Waals surface area (Å²) in [4.78, 5) is 10.4. The zero-order valence-corrected chi connectivity index (χ0v) is 18.6. The van der Waals surface area contributed by atoms with Gasteiger partial charge in [0.1, 0.15) is 5.01 Å². The molecule has 0 radical (unpaired) electrons. The number of rotatable bonds is 5. The summed E-state index contributed by atoms with van der Waals surface area (Å²) in [5, 5.41) is 7.95. The molecule has 10 heteroatoms. The van der Waals surface area contributed by atoms with E-state index in [2.05, 4.69) is 46.3 Å². The zero-order chi connectivity index (χ0) is 18.6. The topological polar surface area (TPSA) is 52.6 Å². The van der Waals surface area contributed by atoms with Gasteiger partial charge < -0.3 is 10.6 Å². The van der Waals surface area contributed by atoms with Crippen molar-refractivity contribution in [2.45, 2.75) is 52.5 Å². The maximum Gasteiger partial charge on any atom is 0.434 e. The highest BCUT2D eigenvalue weighted by atomic mass is 127. The van der Waals surface area contributed by atoms with Gasteiger partial charge in [-0.25, -0.2) is 9.98 Å². The van der Waals surface area contributed by atoms with Crippen LogP contribution in [0.15, 0.2) is 10.4 Å². The summed E-state index contributed by atoms with van der Waals surface area (Å²) in [5.74, 6) is 1.09. The first-order chi connectivity index (χ1) is 11.7. The van der Waals surface area contributed by atoms with Gasteiger partial charge in [0.2, 0.25) is 0 Å². The number of guanidine groups is 1. The van der Waals surface area contributed by atoms with Gasteiger partial charge >= 0.3 is 6.18 Å². The van der Waals surface area contributed by atoms with Crippen LogP contribution in [0, 0.1) is 5.92 Å². The normalized spacial score (nSPS) is 21.8. The minimum Gasteiger partial charge on any atom is -0.357 e.